The summed E-state index contributed by atoms with van der Waals surface area (Å²) < 4.78 is 46.6. The zero-order valence-electron chi connectivity index (χ0n) is 17.9. The Kier molecular flexibility index (Phi) is 5.38. The van der Waals surface area contributed by atoms with Crippen molar-refractivity contribution in [3.63, 3.8) is 0 Å². The highest BCUT2D eigenvalue weighted by atomic mass is 32.2. The van der Waals surface area contributed by atoms with Gasteiger partial charge in [0, 0.05) is 5.39 Å². The van der Waals surface area contributed by atoms with Crippen molar-refractivity contribution in [3.05, 3.63) is 89.7 Å². The Bertz CT molecular complexity index is 1440. The molecule has 0 amide bonds. The standard InChI is InChI=1S/C25H22FN3O3S/c1-32-18-9-5-16-6-13-23(21(16)15-18)28-25-14-12-20-22(27-25)3-2-4-24(20)29-33(30,31)19-10-7-17(26)8-11-19/h2-5,7-12,14-15,23,29H,6,13H2,1H3,(H,27,28). The number of fused-ring (bicyclic) bond motifs is 2. The van der Waals surface area contributed by atoms with Crippen LogP contribution in [0, 0.1) is 5.82 Å². The second kappa shape index (κ2) is 8.37. The minimum absolute atomic E-state index is 0.0116. The van der Waals surface area contributed by atoms with Crippen LogP contribution >= 0.6 is 0 Å². The molecule has 0 fully saturated rings. The lowest BCUT2D eigenvalue weighted by Crippen LogP contribution is -2.13. The smallest absolute Gasteiger partial charge is 0.261 e. The Labute approximate surface area is 191 Å². The van der Waals surface area contributed by atoms with E-state index >= 15 is 0 Å². The maximum Gasteiger partial charge on any atom is 0.261 e. The first-order valence-electron chi connectivity index (χ1n) is 10.5. The quantitative estimate of drug-likeness (QED) is 0.407. The number of nitrogens with zero attached hydrogens (tertiary/aromatic N) is 1. The monoisotopic (exact) mass is 463 g/mol. The van der Waals surface area contributed by atoms with Gasteiger partial charge >= 0.3 is 0 Å². The van der Waals surface area contributed by atoms with Crippen molar-refractivity contribution in [2.75, 3.05) is 17.1 Å². The molecule has 0 saturated heterocycles. The van der Waals surface area contributed by atoms with Crippen LogP contribution in [0.25, 0.3) is 10.9 Å². The van der Waals surface area contributed by atoms with Crippen molar-refractivity contribution >= 4 is 32.4 Å². The van der Waals surface area contributed by atoms with Crippen molar-refractivity contribution in [1.82, 2.24) is 4.98 Å². The molecule has 2 N–H and O–H groups in total. The van der Waals surface area contributed by atoms with E-state index in [1.165, 1.54) is 23.3 Å². The lowest BCUT2D eigenvalue weighted by Gasteiger charge is -2.16. The van der Waals surface area contributed by atoms with Gasteiger partial charge < -0.3 is 10.1 Å². The molecule has 1 aliphatic carbocycles. The van der Waals surface area contributed by atoms with E-state index in [1.807, 2.05) is 24.3 Å². The topological polar surface area (TPSA) is 80.3 Å². The average Bonchev–Trinajstić information content (AvgIpc) is 3.21. The molecular weight excluding hydrogens is 441 g/mol. The van der Waals surface area contributed by atoms with Gasteiger partial charge in [0.25, 0.3) is 10.0 Å². The van der Waals surface area contributed by atoms with Crippen molar-refractivity contribution in [3.8, 4) is 5.75 Å². The van der Waals surface area contributed by atoms with Crippen molar-refractivity contribution in [2.45, 2.75) is 23.8 Å². The summed E-state index contributed by atoms with van der Waals surface area (Å²) in [4.78, 5) is 4.69. The molecule has 0 aliphatic heterocycles. The molecule has 0 radical (unpaired) electrons. The zero-order valence-corrected chi connectivity index (χ0v) is 18.7. The van der Waals surface area contributed by atoms with Gasteiger partial charge in [-0.2, -0.15) is 0 Å². The van der Waals surface area contributed by atoms with Crippen LogP contribution in [-0.4, -0.2) is 20.5 Å². The number of benzene rings is 3. The third-order valence-corrected chi connectivity index (χ3v) is 7.23. The fourth-order valence-corrected chi connectivity index (χ4v) is 5.26. The summed E-state index contributed by atoms with van der Waals surface area (Å²) in [6.07, 6.45) is 1.94. The van der Waals surface area contributed by atoms with E-state index in [4.69, 9.17) is 9.72 Å². The molecule has 1 unspecified atom stereocenters. The van der Waals surface area contributed by atoms with Gasteiger partial charge in [0.1, 0.15) is 17.4 Å². The van der Waals surface area contributed by atoms with E-state index in [-0.39, 0.29) is 10.9 Å². The summed E-state index contributed by atoms with van der Waals surface area (Å²) in [5.41, 5.74) is 3.57. The summed E-state index contributed by atoms with van der Waals surface area (Å²) in [6.45, 7) is 0. The van der Waals surface area contributed by atoms with Crippen LogP contribution in [0.4, 0.5) is 15.9 Å². The van der Waals surface area contributed by atoms with Gasteiger partial charge in [-0.1, -0.05) is 12.1 Å². The second-order valence-corrected chi connectivity index (χ2v) is 9.61. The van der Waals surface area contributed by atoms with Gasteiger partial charge in [0.15, 0.2) is 0 Å². The van der Waals surface area contributed by atoms with Crippen LogP contribution in [0.3, 0.4) is 0 Å². The van der Waals surface area contributed by atoms with Crippen LogP contribution in [0.15, 0.2) is 77.7 Å². The maximum atomic E-state index is 13.2. The first kappa shape index (κ1) is 21.2. The maximum absolute atomic E-state index is 13.2. The van der Waals surface area contributed by atoms with Crippen LogP contribution < -0.4 is 14.8 Å². The Morgan fingerprint density at radius 2 is 1.85 bits per heavy atom. The summed E-state index contributed by atoms with van der Waals surface area (Å²) in [5, 5.41) is 4.17. The average molecular weight is 464 g/mol. The Balaban J connectivity index is 1.41. The van der Waals surface area contributed by atoms with Crippen LogP contribution in [0.2, 0.25) is 0 Å². The van der Waals surface area contributed by atoms with Crippen molar-refractivity contribution in [1.29, 1.82) is 0 Å². The number of hydrogen-bond acceptors (Lipinski definition) is 5. The molecule has 1 aromatic heterocycles. The molecule has 6 nitrogen and oxygen atoms in total. The van der Waals surface area contributed by atoms with E-state index in [9.17, 15) is 12.8 Å². The molecule has 5 rings (SSSR count). The molecule has 8 heteroatoms. The van der Waals surface area contributed by atoms with Gasteiger partial charge in [-0.15, -0.1) is 0 Å². The molecule has 3 aromatic carbocycles. The Hall–Kier alpha value is -3.65. The molecular formula is C25H22FN3O3S. The summed E-state index contributed by atoms with van der Waals surface area (Å²) in [5.74, 6) is 1.04. The highest BCUT2D eigenvalue weighted by molar-refractivity contribution is 7.92. The van der Waals surface area contributed by atoms with Crippen molar-refractivity contribution < 1.29 is 17.5 Å². The number of anilines is 2. The predicted molar refractivity (Wildman–Crippen MR) is 127 cm³/mol. The van der Waals surface area contributed by atoms with E-state index in [0.717, 1.165) is 30.7 Å². The van der Waals surface area contributed by atoms with E-state index < -0.39 is 15.8 Å². The van der Waals surface area contributed by atoms with Gasteiger partial charge in [0.2, 0.25) is 0 Å². The third-order valence-electron chi connectivity index (χ3n) is 5.85. The number of pyridine rings is 1. The molecule has 4 aromatic rings. The highest BCUT2D eigenvalue weighted by Crippen LogP contribution is 2.36. The molecule has 0 bridgehead atoms. The van der Waals surface area contributed by atoms with Gasteiger partial charge in [-0.05, 0) is 84.6 Å². The number of aromatic nitrogens is 1. The first-order chi connectivity index (χ1) is 15.9. The zero-order chi connectivity index (χ0) is 23.0. The second-order valence-electron chi connectivity index (χ2n) is 7.93. The number of hydrogen-bond donors (Lipinski definition) is 2. The molecule has 0 spiro atoms. The predicted octanol–water partition coefficient (Wildman–Crippen LogP) is 5.28. The number of nitrogens with one attached hydrogen (secondary N) is 2. The molecule has 1 atom stereocenters. The van der Waals surface area contributed by atoms with Crippen LogP contribution in [0.1, 0.15) is 23.6 Å². The Morgan fingerprint density at radius 1 is 1.03 bits per heavy atom. The number of methoxy groups -OCH3 is 1. The Morgan fingerprint density at radius 3 is 2.64 bits per heavy atom. The summed E-state index contributed by atoms with van der Waals surface area (Å²) in [6, 6.07) is 19.9. The van der Waals surface area contributed by atoms with Gasteiger partial charge in [-0.25, -0.2) is 17.8 Å². The molecule has 1 aliphatic rings. The van der Waals surface area contributed by atoms with E-state index in [2.05, 4.69) is 22.2 Å². The van der Waals surface area contributed by atoms with Gasteiger partial charge in [0.05, 0.1) is 29.3 Å². The van der Waals surface area contributed by atoms with E-state index in [1.54, 1.807) is 19.2 Å². The van der Waals surface area contributed by atoms with Crippen molar-refractivity contribution in [2.24, 2.45) is 0 Å². The number of sulfonamides is 1. The largest absolute Gasteiger partial charge is 0.497 e. The minimum Gasteiger partial charge on any atom is -0.497 e. The first-order valence-corrected chi connectivity index (χ1v) is 12.0. The number of halogens is 1. The fraction of sp³-hybridized carbons (Fsp3) is 0.160. The van der Waals surface area contributed by atoms with Gasteiger partial charge in [-0.3, -0.25) is 4.72 Å². The SMILES string of the molecule is COc1ccc2c(c1)C(Nc1ccc3c(NS(=O)(=O)c4ccc(F)cc4)cccc3n1)CC2. The molecule has 33 heavy (non-hydrogen) atoms. The normalized spacial score (nSPS) is 15.3. The number of rotatable bonds is 6. The number of ether oxygens (including phenoxy) is 1. The lowest BCUT2D eigenvalue weighted by molar-refractivity contribution is 0.414. The van der Waals surface area contributed by atoms with Crippen LogP contribution in [-0.2, 0) is 16.4 Å². The molecule has 1 heterocycles. The number of aryl methyl sites for hydroxylation is 1. The highest BCUT2D eigenvalue weighted by Gasteiger charge is 2.23. The fourth-order valence-electron chi connectivity index (χ4n) is 4.18. The molecule has 0 saturated carbocycles. The van der Waals surface area contributed by atoms with Crippen LogP contribution in [0.5, 0.6) is 5.75 Å². The lowest BCUT2D eigenvalue weighted by atomic mass is 10.1. The third kappa shape index (κ3) is 4.21. The summed E-state index contributed by atoms with van der Waals surface area (Å²) >= 11 is 0. The minimum atomic E-state index is -3.86. The summed E-state index contributed by atoms with van der Waals surface area (Å²) in [7, 11) is -2.20. The molecule has 168 valence electrons. The van der Waals surface area contributed by atoms with E-state index in [0.29, 0.717) is 22.4 Å².